The molecule has 1 saturated carbocycles. The molecule has 72 valence electrons. The summed E-state index contributed by atoms with van der Waals surface area (Å²) in [6.45, 7) is 9.54. The van der Waals surface area contributed by atoms with Crippen LogP contribution in [0.25, 0.3) is 0 Å². The van der Waals surface area contributed by atoms with Gasteiger partial charge in [0.25, 0.3) is 0 Å². The molecular weight excluding hydrogens is 144 g/mol. The van der Waals surface area contributed by atoms with Crippen LogP contribution in [-0.4, -0.2) is 0 Å². The second-order valence-electron chi connectivity index (χ2n) is 5.24. The van der Waals surface area contributed by atoms with Crippen molar-refractivity contribution in [3.63, 3.8) is 0 Å². The molecule has 0 heteroatoms. The molecular formula is C12H24. The zero-order valence-electron chi connectivity index (χ0n) is 9.19. The van der Waals surface area contributed by atoms with Crippen LogP contribution in [0.15, 0.2) is 0 Å². The standard InChI is InChI=1S/C12H24/c1-5-6-7-8-11-9-12(3,4)10(11)2/h10-11H,5-9H2,1-4H3. The van der Waals surface area contributed by atoms with Crippen LogP contribution in [0, 0.1) is 17.3 Å². The Labute approximate surface area is 77.7 Å². The van der Waals surface area contributed by atoms with E-state index in [2.05, 4.69) is 27.7 Å². The molecule has 0 nitrogen and oxygen atoms in total. The predicted octanol–water partition coefficient (Wildman–Crippen LogP) is 4.25. The minimum atomic E-state index is 0.650. The second-order valence-corrected chi connectivity index (χ2v) is 5.24. The molecule has 2 unspecified atom stereocenters. The average molecular weight is 168 g/mol. The third kappa shape index (κ3) is 2.02. The van der Waals surface area contributed by atoms with Crippen molar-refractivity contribution >= 4 is 0 Å². The van der Waals surface area contributed by atoms with Gasteiger partial charge >= 0.3 is 0 Å². The number of hydrogen-bond acceptors (Lipinski definition) is 0. The summed E-state index contributed by atoms with van der Waals surface area (Å²) in [6, 6.07) is 0. The molecule has 0 aromatic heterocycles. The fourth-order valence-electron chi connectivity index (χ4n) is 2.52. The minimum absolute atomic E-state index is 0.650. The van der Waals surface area contributed by atoms with E-state index >= 15 is 0 Å². The molecule has 0 aromatic carbocycles. The fraction of sp³-hybridized carbons (Fsp3) is 1.00. The van der Waals surface area contributed by atoms with Gasteiger partial charge in [-0.25, -0.2) is 0 Å². The van der Waals surface area contributed by atoms with Crippen LogP contribution >= 0.6 is 0 Å². The summed E-state index contributed by atoms with van der Waals surface area (Å²) in [7, 11) is 0. The van der Waals surface area contributed by atoms with Gasteiger partial charge in [0, 0.05) is 0 Å². The van der Waals surface area contributed by atoms with Gasteiger partial charge in [0.2, 0.25) is 0 Å². The first kappa shape index (κ1) is 10.1. The van der Waals surface area contributed by atoms with Crippen LogP contribution in [0.5, 0.6) is 0 Å². The smallest absolute Gasteiger partial charge is 0.0323 e. The summed E-state index contributed by atoms with van der Waals surface area (Å²) in [5.74, 6) is 2.01. The number of hydrogen-bond donors (Lipinski definition) is 0. The third-order valence-corrected chi connectivity index (χ3v) is 3.91. The molecule has 1 rings (SSSR count). The van der Waals surface area contributed by atoms with E-state index in [1.807, 2.05) is 0 Å². The summed E-state index contributed by atoms with van der Waals surface area (Å²) in [4.78, 5) is 0. The molecule has 0 heterocycles. The fourth-order valence-corrected chi connectivity index (χ4v) is 2.52. The van der Waals surface area contributed by atoms with Crippen LogP contribution in [0.4, 0.5) is 0 Å². The zero-order chi connectivity index (χ0) is 9.19. The summed E-state index contributed by atoms with van der Waals surface area (Å²) in [5.41, 5.74) is 0.650. The normalized spacial score (nSPS) is 33.0. The Morgan fingerprint density at radius 2 is 1.92 bits per heavy atom. The monoisotopic (exact) mass is 168 g/mol. The molecule has 1 aliphatic carbocycles. The van der Waals surface area contributed by atoms with Crippen molar-refractivity contribution < 1.29 is 0 Å². The lowest BCUT2D eigenvalue weighted by Gasteiger charge is -2.50. The topological polar surface area (TPSA) is 0 Å². The van der Waals surface area contributed by atoms with Crippen molar-refractivity contribution in [2.45, 2.75) is 59.8 Å². The molecule has 1 aliphatic rings. The van der Waals surface area contributed by atoms with Crippen LogP contribution in [0.3, 0.4) is 0 Å². The van der Waals surface area contributed by atoms with Gasteiger partial charge in [-0.3, -0.25) is 0 Å². The molecule has 0 amide bonds. The highest BCUT2D eigenvalue weighted by atomic mass is 14.5. The highest BCUT2D eigenvalue weighted by molar-refractivity contribution is 4.92. The van der Waals surface area contributed by atoms with Gasteiger partial charge in [-0.15, -0.1) is 0 Å². The molecule has 12 heavy (non-hydrogen) atoms. The van der Waals surface area contributed by atoms with Gasteiger partial charge in [0.15, 0.2) is 0 Å². The Morgan fingerprint density at radius 3 is 2.33 bits per heavy atom. The van der Waals surface area contributed by atoms with Crippen LogP contribution < -0.4 is 0 Å². The lowest BCUT2D eigenvalue weighted by Crippen LogP contribution is -2.41. The maximum absolute atomic E-state index is 2.43. The average Bonchev–Trinajstić information content (AvgIpc) is 2.03. The van der Waals surface area contributed by atoms with Gasteiger partial charge in [-0.1, -0.05) is 53.4 Å². The quantitative estimate of drug-likeness (QED) is 0.550. The van der Waals surface area contributed by atoms with Gasteiger partial charge < -0.3 is 0 Å². The SMILES string of the molecule is CCCCCC1CC(C)(C)C1C. The number of unbranched alkanes of at least 4 members (excludes halogenated alkanes) is 2. The van der Waals surface area contributed by atoms with Crippen LogP contribution in [0.2, 0.25) is 0 Å². The van der Waals surface area contributed by atoms with E-state index in [1.165, 1.54) is 32.1 Å². The Morgan fingerprint density at radius 1 is 1.25 bits per heavy atom. The maximum atomic E-state index is 2.43. The van der Waals surface area contributed by atoms with E-state index in [0.29, 0.717) is 5.41 Å². The highest BCUT2D eigenvalue weighted by Crippen LogP contribution is 2.52. The van der Waals surface area contributed by atoms with Crippen molar-refractivity contribution in [2.24, 2.45) is 17.3 Å². The highest BCUT2D eigenvalue weighted by Gasteiger charge is 2.43. The molecule has 0 aromatic rings. The summed E-state index contributed by atoms with van der Waals surface area (Å²) in [6.07, 6.45) is 7.21. The largest absolute Gasteiger partial charge is 0.0654 e. The van der Waals surface area contributed by atoms with E-state index in [4.69, 9.17) is 0 Å². The first-order valence-electron chi connectivity index (χ1n) is 5.58. The Kier molecular flexibility index (Phi) is 3.20. The van der Waals surface area contributed by atoms with Crippen molar-refractivity contribution in [1.82, 2.24) is 0 Å². The lowest BCUT2D eigenvalue weighted by atomic mass is 9.55. The molecule has 2 atom stereocenters. The molecule has 0 spiro atoms. The van der Waals surface area contributed by atoms with Gasteiger partial charge in [0.1, 0.15) is 0 Å². The summed E-state index contributed by atoms with van der Waals surface area (Å²) >= 11 is 0. The zero-order valence-corrected chi connectivity index (χ0v) is 9.19. The van der Waals surface area contributed by atoms with Crippen molar-refractivity contribution in [3.05, 3.63) is 0 Å². The third-order valence-electron chi connectivity index (χ3n) is 3.91. The van der Waals surface area contributed by atoms with E-state index in [0.717, 1.165) is 11.8 Å². The van der Waals surface area contributed by atoms with Crippen LogP contribution in [0.1, 0.15) is 59.8 Å². The van der Waals surface area contributed by atoms with Gasteiger partial charge in [-0.05, 0) is 23.7 Å². The maximum Gasteiger partial charge on any atom is -0.0323 e. The summed E-state index contributed by atoms with van der Waals surface area (Å²) in [5, 5.41) is 0. The van der Waals surface area contributed by atoms with Gasteiger partial charge in [0.05, 0.1) is 0 Å². The lowest BCUT2D eigenvalue weighted by molar-refractivity contribution is -0.00348. The number of rotatable bonds is 4. The first-order valence-corrected chi connectivity index (χ1v) is 5.58. The Balaban J connectivity index is 2.13. The molecule has 1 fully saturated rings. The van der Waals surface area contributed by atoms with Crippen LogP contribution in [-0.2, 0) is 0 Å². The Bertz CT molecular complexity index is 135. The van der Waals surface area contributed by atoms with E-state index in [-0.39, 0.29) is 0 Å². The van der Waals surface area contributed by atoms with Crippen molar-refractivity contribution in [2.75, 3.05) is 0 Å². The molecule has 0 bridgehead atoms. The predicted molar refractivity (Wildman–Crippen MR) is 55.2 cm³/mol. The molecule has 0 saturated heterocycles. The Hall–Kier alpha value is 0. The van der Waals surface area contributed by atoms with Crippen molar-refractivity contribution in [3.8, 4) is 0 Å². The molecule has 0 aliphatic heterocycles. The minimum Gasteiger partial charge on any atom is -0.0654 e. The second kappa shape index (κ2) is 3.81. The summed E-state index contributed by atoms with van der Waals surface area (Å²) < 4.78 is 0. The molecule has 0 N–H and O–H groups in total. The molecule has 0 radical (unpaired) electrons. The first-order chi connectivity index (χ1) is 5.58. The van der Waals surface area contributed by atoms with Crippen molar-refractivity contribution in [1.29, 1.82) is 0 Å². The van der Waals surface area contributed by atoms with E-state index < -0.39 is 0 Å². The van der Waals surface area contributed by atoms with E-state index in [1.54, 1.807) is 0 Å². The van der Waals surface area contributed by atoms with E-state index in [9.17, 15) is 0 Å². The van der Waals surface area contributed by atoms with Gasteiger partial charge in [-0.2, -0.15) is 0 Å².